The highest BCUT2D eigenvalue weighted by molar-refractivity contribution is 9.10. The van der Waals surface area contributed by atoms with Gasteiger partial charge in [-0.2, -0.15) is 10.1 Å². The van der Waals surface area contributed by atoms with E-state index in [4.69, 9.17) is 4.74 Å². The molecule has 0 saturated carbocycles. The third kappa shape index (κ3) is 4.27. The number of benzene rings is 2. The van der Waals surface area contributed by atoms with Gasteiger partial charge in [-0.25, -0.2) is 4.68 Å². The number of anilines is 2. The largest absolute Gasteiger partial charge is 0.493 e. The van der Waals surface area contributed by atoms with E-state index in [1.54, 1.807) is 4.68 Å². The van der Waals surface area contributed by atoms with Crippen LogP contribution in [0.5, 0.6) is 5.75 Å². The minimum Gasteiger partial charge on any atom is -0.493 e. The second-order valence-electron chi connectivity index (χ2n) is 7.90. The lowest BCUT2D eigenvalue weighted by molar-refractivity contribution is -0.113. The van der Waals surface area contributed by atoms with Crippen molar-refractivity contribution >= 4 is 33.5 Å². The molecule has 7 nitrogen and oxygen atoms in total. The number of halogens is 1. The number of carbonyl (C=O) groups is 1. The van der Waals surface area contributed by atoms with Gasteiger partial charge >= 0.3 is 0 Å². The number of rotatable bonds is 6. The first-order valence-electron chi connectivity index (χ1n) is 10.6. The van der Waals surface area contributed by atoms with Crippen LogP contribution >= 0.6 is 15.9 Å². The van der Waals surface area contributed by atoms with Crippen molar-refractivity contribution in [3.8, 4) is 5.75 Å². The van der Waals surface area contributed by atoms with E-state index in [-0.39, 0.29) is 5.91 Å². The number of hydrogen-bond acceptors (Lipinski definition) is 5. The average Bonchev–Trinajstić information content (AvgIpc) is 3.21. The molecule has 0 spiro atoms. The Morgan fingerprint density at radius 1 is 1.22 bits per heavy atom. The van der Waals surface area contributed by atoms with Crippen molar-refractivity contribution in [3.05, 3.63) is 75.2 Å². The summed E-state index contributed by atoms with van der Waals surface area (Å²) < 4.78 is 8.66. The fourth-order valence-corrected chi connectivity index (χ4v) is 4.27. The summed E-state index contributed by atoms with van der Waals surface area (Å²) in [6, 6.07) is 11.3. The molecule has 166 valence electrons. The summed E-state index contributed by atoms with van der Waals surface area (Å²) in [6.45, 7) is 8.54. The predicted molar refractivity (Wildman–Crippen MR) is 129 cm³/mol. The van der Waals surface area contributed by atoms with E-state index in [0.29, 0.717) is 23.9 Å². The number of aryl methyl sites for hydroxylation is 2. The van der Waals surface area contributed by atoms with Gasteiger partial charge in [0.05, 0.1) is 12.2 Å². The number of allylic oxidation sites excluding steroid dienone is 1. The van der Waals surface area contributed by atoms with Crippen LogP contribution in [0.1, 0.15) is 43.0 Å². The van der Waals surface area contributed by atoms with Crippen LogP contribution in [0.25, 0.3) is 0 Å². The van der Waals surface area contributed by atoms with E-state index < -0.39 is 6.04 Å². The Bertz CT molecular complexity index is 1200. The molecule has 0 bridgehead atoms. The smallest absolute Gasteiger partial charge is 0.255 e. The number of amides is 1. The molecular formula is C24H26BrN5O2. The molecule has 1 aliphatic rings. The summed E-state index contributed by atoms with van der Waals surface area (Å²) in [5.74, 6) is 1.10. The van der Waals surface area contributed by atoms with Crippen molar-refractivity contribution in [1.29, 1.82) is 0 Å². The predicted octanol–water partition coefficient (Wildman–Crippen LogP) is 5.37. The van der Waals surface area contributed by atoms with E-state index >= 15 is 0 Å². The van der Waals surface area contributed by atoms with E-state index in [9.17, 15) is 4.79 Å². The van der Waals surface area contributed by atoms with Gasteiger partial charge in [0.25, 0.3) is 5.91 Å². The molecule has 2 aromatic carbocycles. The summed E-state index contributed by atoms with van der Waals surface area (Å²) in [5.41, 5.74) is 5.05. The Morgan fingerprint density at radius 2 is 2.03 bits per heavy atom. The van der Waals surface area contributed by atoms with Gasteiger partial charge in [0.15, 0.2) is 0 Å². The topological polar surface area (TPSA) is 81.1 Å². The number of aromatic nitrogens is 3. The number of nitrogens with one attached hydrogen (secondary N) is 2. The van der Waals surface area contributed by atoms with E-state index in [0.717, 1.165) is 39.0 Å². The Kier molecular flexibility index (Phi) is 6.32. The molecule has 8 heteroatoms. The van der Waals surface area contributed by atoms with E-state index in [1.807, 2.05) is 57.2 Å². The van der Waals surface area contributed by atoms with Crippen LogP contribution in [0.3, 0.4) is 0 Å². The lowest BCUT2D eigenvalue weighted by Crippen LogP contribution is -2.32. The molecule has 0 fully saturated rings. The van der Waals surface area contributed by atoms with Crippen molar-refractivity contribution < 1.29 is 9.53 Å². The molecule has 0 saturated heterocycles. The maximum Gasteiger partial charge on any atom is 0.255 e. The van der Waals surface area contributed by atoms with Gasteiger partial charge in [-0.1, -0.05) is 40.5 Å². The molecule has 0 aliphatic carbocycles. The molecule has 2 N–H and O–H groups in total. The quantitative estimate of drug-likeness (QED) is 0.480. The van der Waals surface area contributed by atoms with Crippen molar-refractivity contribution in [2.75, 3.05) is 17.2 Å². The minimum absolute atomic E-state index is 0.200. The van der Waals surface area contributed by atoms with Crippen LogP contribution < -0.4 is 15.4 Å². The number of fused-ring (bicyclic) bond motifs is 1. The highest BCUT2D eigenvalue weighted by Crippen LogP contribution is 2.40. The zero-order valence-corrected chi connectivity index (χ0v) is 20.2. The Morgan fingerprint density at radius 3 is 2.78 bits per heavy atom. The second kappa shape index (κ2) is 9.16. The number of nitrogens with zero attached hydrogens (tertiary/aromatic N) is 3. The third-order valence-corrected chi connectivity index (χ3v) is 5.89. The molecule has 0 unspecified atom stereocenters. The van der Waals surface area contributed by atoms with E-state index in [1.165, 1.54) is 6.33 Å². The molecule has 32 heavy (non-hydrogen) atoms. The number of carbonyl (C=O) groups excluding carboxylic acids is 1. The van der Waals surface area contributed by atoms with Crippen LogP contribution in [0, 0.1) is 13.8 Å². The summed E-state index contributed by atoms with van der Waals surface area (Å²) in [6.07, 6.45) is 2.36. The van der Waals surface area contributed by atoms with Crippen LogP contribution in [0.15, 0.2) is 58.5 Å². The first-order chi connectivity index (χ1) is 15.4. The second-order valence-corrected chi connectivity index (χ2v) is 8.81. The molecule has 0 radical (unpaired) electrons. The lowest BCUT2D eigenvalue weighted by atomic mass is 9.94. The Balaban J connectivity index is 1.80. The van der Waals surface area contributed by atoms with Crippen LogP contribution in [0.4, 0.5) is 11.6 Å². The van der Waals surface area contributed by atoms with Gasteiger partial charge in [0.2, 0.25) is 5.95 Å². The number of ether oxygens (including phenoxy) is 1. The number of hydrogen-bond donors (Lipinski definition) is 2. The summed E-state index contributed by atoms with van der Waals surface area (Å²) in [5, 5.41) is 10.7. The van der Waals surface area contributed by atoms with Crippen molar-refractivity contribution in [2.45, 2.75) is 40.2 Å². The monoisotopic (exact) mass is 495 g/mol. The fourth-order valence-electron chi connectivity index (χ4n) is 3.89. The minimum atomic E-state index is -0.496. The van der Waals surface area contributed by atoms with Crippen LogP contribution in [-0.4, -0.2) is 27.3 Å². The Labute approximate surface area is 196 Å². The van der Waals surface area contributed by atoms with E-state index in [2.05, 4.69) is 43.6 Å². The Hall–Kier alpha value is -3.13. The molecule has 1 amide bonds. The zero-order chi connectivity index (χ0) is 22.8. The molecular weight excluding hydrogens is 470 g/mol. The van der Waals surface area contributed by atoms with Gasteiger partial charge < -0.3 is 15.4 Å². The van der Waals surface area contributed by atoms with Crippen molar-refractivity contribution in [2.24, 2.45) is 0 Å². The first kappa shape index (κ1) is 22.1. The lowest BCUT2D eigenvalue weighted by Gasteiger charge is -2.30. The standard InChI is InChI=1S/C24H26BrN5O2/c1-5-10-32-20-9-7-17(25)12-18(20)22-21(16(4)28-24-26-13-27-30(22)24)23(31)29-19-8-6-14(2)11-15(19)3/h6-9,11-13,22H,5,10H2,1-4H3,(H,29,31)(H,26,27,28)/t22-/m1/s1. The van der Waals surface area contributed by atoms with Crippen molar-refractivity contribution in [1.82, 2.24) is 14.8 Å². The summed E-state index contributed by atoms with van der Waals surface area (Å²) in [4.78, 5) is 17.9. The average molecular weight is 496 g/mol. The van der Waals surface area contributed by atoms with Gasteiger partial charge in [-0.3, -0.25) is 4.79 Å². The van der Waals surface area contributed by atoms with Crippen molar-refractivity contribution in [3.63, 3.8) is 0 Å². The fraction of sp³-hybridized carbons (Fsp3) is 0.292. The molecule has 1 aromatic heterocycles. The maximum atomic E-state index is 13.6. The molecule has 1 aliphatic heterocycles. The highest BCUT2D eigenvalue weighted by atomic mass is 79.9. The molecule has 4 rings (SSSR count). The van der Waals surface area contributed by atoms with Gasteiger partial charge in [-0.05, 0) is 57.0 Å². The summed E-state index contributed by atoms with van der Waals surface area (Å²) >= 11 is 3.57. The maximum absolute atomic E-state index is 13.6. The molecule has 2 heterocycles. The van der Waals surface area contributed by atoms with Gasteiger partial charge in [0, 0.05) is 21.4 Å². The molecule has 1 atom stereocenters. The normalized spacial score (nSPS) is 15.2. The van der Waals surface area contributed by atoms with Crippen LogP contribution in [-0.2, 0) is 4.79 Å². The SMILES string of the molecule is CCCOc1ccc(Br)cc1[C@@H]1C(C(=O)Nc2ccc(C)cc2C)=C(C)Nc2ncnn21. The summed E-state index contributed by atoms with van der Waals surface area (Å²) in [7, 11) is 0. The molecule has 3 aromatic rings. The zero-order valence-electron chi connectivity index (χ0n) is 18.6. The highest BCUT2D eigenvalue weighted by Gasteiger charge is 2.35. The third-order valence-electron chi connectivity index (χ3n) is 5.40. The van der Waals surface area contributed by atoms with Gasteiger partial charge in [0.1, 0.15) is 18.1 Å². The first-order valence-corrected chi connectivity index (χ1v) is 11.4. The van der Waals surface area contributed by atoms with Crippen LogP contribution in [0.2, 0.25) is 0 Å². The van der Waals surface area contributed by atoms with Gasteiger partial charge in [-0.15, -0.1) is 0 Å².